The first-order valence-corrected chi connectivity index (χ1v) is 7.30. The zero-order chi connectivity index (χ0) is 15.2. The highest BCUT2D eigenvalue weighted by Gasteiger charge is 2.10. The highest BCUT2D eigenvalue weighted by atomic mass is 19.1. The van der Waals surface area contributed by atoms with E-state index in [1.165, 1.54) is 6.07 Å². The van der Waals surface area contributed by atoms with Crippen LogP contribution in [0, 0.1) is 5.82 Å². The molecule has 0 aliphatic heterocycles. The molecule has 1 heterocycles. The molecule has 0 aliphatic carbocycles. The van der Waals surface area contributed by atoms with E-state index >= 15 is 0 Å². The number of ether oxygens (including phenoxy) is 1. The van der Waals surface area contributed by atoms with Crippen LogP contribution >= 0.6 is 0 Å². The summed E-state index contributed by atoms with van der Waals surface area (Å²) in [6.07, 6.45) is 3.49. The molecule has 1 N–H and O–H groups in total. The Morgan fingerprint density at radius 1 is 1.38 bits per heavy atom. The van der Waals surface area contributed by atoms with E-state index in [4.69, 9.17) is 4.74 Å². The summed E-state index contributed by atoms with van der Waals surface area (Å²) in [7, 11) is 0. The van der Waals surface area contributed by atoms with Crippen molar-refractivity contribution < 1.29 is 9.13 Å². The van der Waals surface area contributed by atoms with Crippen LogP contribution < -0.4 is 10.1 Å². The van der Waals surface area contributed by atoms with E-state index < -0.39 is 0 Å². The van der Waals surface area contributed by atoms with Gasteiger partial charge in [0.1, 0.15) is 6.61 Å². The van der Waals surface area contributed by atoms with Crippen molar-refractivity contribution in [2.45, 2.75) is 40.0 Å². The Labute approximate surface area is 125 Å². The summed E-state index contributed by atoms with van der Waals surface area (Å²) in [6.45, 7) is 8.05. The molecule has 4 nitrogen and oxygen atoms in total. The Bertz CT molecular complexity index is 583. The monoisotopic (exact) mass is 291 g/mol. The first-order chi connectivity index (χ1) is 10.2. The lowest BCUT2D eigenvalue weighted by molar-refractivity contribution is 0.280. The molecule has 1 unspecified atom stereocenters. The number of benzene rings is 1. The second-order valence-electron chi connectivity index (χ2n) is 4.93. The van der Waals surface area contributed by atoms with Crippen molar-refractivity contribution in [2.24, 2.45) is 0 Å². The summed E-state index contributed by atoms with van der Waals surface area (Å²) in [5.41, 5.74) is 1.85. The molecule has 0 saturated heterocycles. The molecule has 0 radical (unpaired) electrons. The topological polar surface area (TPSA) is 39.1 Å². The molecule has 2 aromatic rings. The van der Waals surface area contributed by atoms with E-state index in [1.807, 2.05) is 31.4 Å². The van der Waals surface area contributed by atoms with Crippen LogP contribution in [0.2, 0.25) is 0 Å². The van der Waals surface area contributed by atoms with Crippen LogP contribution in [0.15, 0.2) is 30.7 Å². The van der Waals surface area contributed by atoms with Crippen LogP contribution in [0.25, 0.3) is 0 Å². The van der Waals surface area contributed by atoms with Gasteiger partial charge in [0, 0.05) is 12.6 Å². The Morgan fingerprint density at radius 2 is 2.19 bits per heavy atom. The summed E-state index contributed by atoms with van der Waals surface area (Å²) >= 11 is 0. The van der Waals surface area contributed by atoms with Crippen molar-refractivity contribution in [3.8, 4) is 5.75 Å². The quantitative estimate of drug-likeness (QED) is 0.851. The molecule has 5 heteroatoms. The largest absolute Gasteiger partial charge is 0.484 e. The minimum absolute atomic E-state index is 0.125. The van der Waals surface area contributed by atoms with Crippen molar-refractivity contribution in [3.05, 3.63) is 47.8 Å². The van der Waals surface area contributed by atoms with Gasteiger partial charge in [-0.25, -0.2) is 9.37 Å². The van der Waals surface area contributed by atoms with Gasteiger partial charge in [-0.2, -0.15) is 0 Å². The Kier molecular flexibility index (Phi) is 5.33. The van der Waals surface area contributed by atoms with Gasteiger partial charge in [0.15, 0.2) is 11.6 Å². The smallest absolute Gasteiger partial charge is 0.165 e. The Hall–Kier alpha value is -1.88. The van der Waals surface area contributed by atoms with Crippen molar-refractivity contribution in [1.29, 1.82) is 0 Å². The molecule has 2 rings (SSSR count). The second-order valence-corrected chi connectivity index (χ2v) is 4.93. The van der Waals surface area contributed by atoms with Crippen molar-refractivity contribution in [3.63, 3.8) is 0 Å². The third-order valence-electron chi connectivity index (χ3n) is 3.48. The van der Waals surface area contributed by atoms with Crippen LogP contribution in [0.1, 0.15) is 38.1 Å². The highest BCUT2D eigenvalue weighted by molar-refractivity contribution is 5.31. The molecule has 0 aliphatic rings. The summed E-state index contributed by atoms with van der Waals surface area (Å²) in [5, 5.41) is 3.26. The summed E-state index contributed by atoms with van der Waals surface area (Å²) < 4.78 is 21.6. The average molecular weight is 291 g/mol. The average Bonchev–Trinajstić information content (AvgIpc) is 2.93. The van der Waals surface area contributed by atoms with E-state index in [0.717, 1.165) is 24.3 Å². The van der Waals surface area contributed by atoms with Gasteiger partial charge in [-0.3, -0.25) is 0 Å². The lowest BCUT2D eigenvalue weighted by atomic mass is 10.1. The van der Waals surface area contributed by atoms with Gasteiger partial charge in [0.2, 0.25) is 0 Å². The molecular formula is C16H22FN3O. The predicted molar refractivity (Wildman–Crippen MR) is 80.7 cm³/mol. The van der Waals surface area contributed by atoms with E-state index in [9.17, 15) is 4.39 Å². The molecule has 0 bridgehead atoms. The maximum absolute atomic E-state index is 14.1. The lowest BCUT2D eigenvalue weighted by Crippen LogP contribution is -2.17. The first kappa shape index (κ1) is 15.5. The first-order valence-electron chi connectivity index (χ1n) is 7.30. The predicted octanol–water partition coefficient (Wildman–Crippen LogP) is 3.29. The summed E-state index contributed by atoms with van der Waals surface area (Å²) in [5.74, 6) is -0.0638. The molecule has 0 spiro atoms. The molecule has 1 atom stereocenters. The maximum Gasteiger partial charge on any atom is 0.165 e. The fourth-order valence-corrected chi connectivity index (χ4v) is 2.23. The van der Waals surface area contributed by atoms with Crippen LogP contribution in [-0.4, -0.2) is 16.1 Å². The van der Waals surface area contributed by atoms with Gasteiger partial charge < -0.3 is 14.6 Å². The molecule has 0 fully saturated rings. The van der Waals surface area contributed by atoms with Crippen LogP contribution in [0.5, 0.6) is 5.75 Å². The van der Waals surface area contributed by atoms with E-state index in [1.54, 1.807) is 18.6 Å². The van der Waals surface area contributed by atoms with Gasteiger partial charge >= 0.3 is 0 Å². The lowest BCUT2D eigenvalue weighted by Gasteiger charge is -2.14. The second kappa shape index (κ2) is 7.22. The van der Waals surface area contributed by atoms with Crippen LogP contribution in [-0.2, 0) is 13.2 Å². The zero-order valence-electron chi connectivity index (χ0n) is 12.8. The van der Waals surface area contributed by atoms with Gasteiger partial charge in [0.05, 0.1) is 18.2 Å². The number of halogens is 1. The number of aromatic nitrogens is 2. The maximum atomic E-state index is 14.1. The number of imidazole rings is 1. The minimum atomic E-state index is -0.334. The number of nitrogens with one attached hydrogen (secondary N) is 1. The molecule has 114 valence electrons. The molecule has 21 heavy (non-hydrogen) atoms. The van der Waals surface area contributed by atoms with Crippen molar-refractivity contribution in [1.82, 2.24) is 14.9 Å². The van der Waals surface area contributed by atoms with Crippen molar-refractivity contribution in [2.75, 3.05) is 6.54 Å². The normalized spacial score (nSPS) is 12.4. The van der Waals surface area contributed by atoms with Crippen molar-refractivity contribution >= 4 is 0 Å². The fourth-order valence-electron chi connectivity index (χ4n) is 2.23. The zero-order valence-corrected chi connectivity index (χ0v) is 12.8. The van der Waals surface area contributed by atoms with Gasteiger partial charge in [-0.1, -0.05) is 13.0 Å². The third-order valence-corrected chi connectivity index (χ3v) is 3.48. The number of aryl methyl sites for hydroxylation is 1. The molecule has 1 aromatic heterocycles. The molecule has 0 amide bonds. The van der Waals surface area contributed by atoms with E-state index in [-0.39, 0.29) is 17.6 Å². The minimum Gasteiger partial charge on any atom is -0.484 e. The Balaban J connectivity index is 2.04. The van der Waals surface area contributed by atoms with Gasteiger partial charge in [-0.05, 0) is 38.1 Å². The van der Waals surface area contributed by atoms with Crippen LogP contribution in [0.4, 0.5) is 4.39 Å². The number of hydrogen-bond acceptors (Lipinski definition) is 3. The van der Waals surface area contributed by atoms with Crippen LogP contribution in [0.3, 0.4) is 0 Å². The fraction of sp³-hybridized carbons (Fsp3) is 0.438. The van der Waals surface area contributed by atoms with E-state index in [0.29, 0.717) is 6.61 Å². The summed E-state index contributed by atoms with van der Waals surface area (Å²) in [4.78, 5) is 4.07. The number of rotatable bonds is 7. The van der Waals surface area contributed by atoms with Gasteiger partial charge in [-0.15, -0.1) is 0 Å². The highest BCUT2D eigenvalue weighted by Crippen LogP contribution is 2.23. The number of hydrogen-bond donors (Lipinski definition) is 1. The standard InChI is InChI=1S/C16H22FN3O/c1-4-19-12(3)13-6-7-16(15(17)8-13)21-10-14-9-18-11-20(14)5-2/h6-9,11-12,19H,4-5,10H2,1-3H3. The van der Waals surface area contributed by atoms with E-state index in [2.05, 4.69) is 10.3 Å². The molecule has 1 aromatic carbocycles. The molecule has 0 saturated carbocycles. The Morgan fingerprint density at radius 3 is 2.86 bits per heavy atom. The number of nitrogens with zero attached hydrogens (tertiary/aromatic N) is 2. The SMILES string of the molecule is CCNC(C)c1ccc(OCc2cncn2CC)c(F)c1. The molecular weight excluding hydrogens is 269 g/mol. The third kappa shape index (κ3) is 3.82. The van der Waals surface area contributed by atoms with Gasteiger partial charge in [0.25, 0.3) is 0 Å². The summed E-state index contributed by atoms with van der Waals surface area (Å²) in [6, 6.07) is 5.23.